The predicted molar refractivity (Wildman–Crippen MR) is 135 cm³/mol. The van der Waals surface area contributed by atoms with Gasteiger partial charge in [0.1, 0.15) is 12.4 Å². The summed E-state index contributed by atoms with van der Waals surface area (Å²) in [6.07, 6.45) is 1.66. The summed E-state index contributed by atoms with van der Waals surface area (Å²) in [5.74, 6) is -1.37. The number of hydrogen-bond donors (Lipinski definition) is 3. The lowest BCUT2D eigenvalue weighted by Crippen LogP contribution is -2.44. The zero-order chi connectivity index (χ0) is 26.9. The number of ether oxygens (including phenoxy) is 1. The zero-order valence-corrected chi connectivity index (χ0v) is 21.2. The van der Waals surface area contributed by atoms with Gasteiger partial charge in [-0.2, -0.15) is 0 Å². The van der Waals surface area contributed by atoms with Gasteiger partial charge < -0.3 is 24.8 Å². The van der Waals surface area contributed by atoms with E-state index >= 15 is 0 Å². The van der Waals surface area contributed by atoms with Crippen molar-refractivity contribution in [3.8, 4) is 11.4 Å². The quantitative estimate of drug-likeness (QED) is 0.344. The van der Waals surface area contributed by atoms with Crippen molar-refractivity contribution in [2.75, 3.05) is 6.61 Å². The average Bonchev–Trinajstić information content (AvgIpc) is 3.27. The van der Waals surface area contributed by atoms with Gasteiger partial charge in [-0.1, -0.05) is 6.92 Å². The highest BCUT2D eigenvalue weighted by molar-refractivity contribution is 5.94. The number of aliphatic hydroxyl groups is 2. The minimum atomic E-state index is -1.95. The third-order valence-electron chi connectivity index (χ3n) is 8.28. The number of hydrogen-bond acceptors (Lipinski definition) is 7. The van der Waals surface area contributed by atoms with Crippen LogP contribution in [-0.4, -0.2) is 38.2 Å². The monoisotopic (exact) mass is 521 g/mol. The van der Waals surface area contributed by atoms with Crippen LogP contribution in [0.3, 0.4) is 0 Å². The van der Waals surface area contributed by atoms with E-state index in [1.54, 1.807) is 24.5 Å². The maximum atomic E-state index is 15.0. The van der Waals surface area contributed by atoms with Gasteiger partial charge in [0.15, 0.2) is 5.60 Å². The van der Waals surface area contributed by atoms with Crippen LogP contribution in [0.2, 0.25) is 0 Å². The fourth-order valence-corrected chi connectivity index (χ4v) is 6.21. The molecule has 4 heterocycles. The normalized spacial score (nSPS) is 21.1. The summed E-state index contributed by atoms with van der Waals surface area (Å²) in [6, 6.07) is 2.63. The standard InChI is InChI=1S/C28H28FN3O6/c1-3-28(37)17-9-21-25-15(11-32(21)26(35)16(17)12-38-27(28)36)24-19(30-22(34)5-4-8-33)7-6-14-13(2)18(29)10-20(31-25)23(14)24/h9-10,19,33,37H,3-8,11-12H2,1-2H3,(H,30,34)/t19?,28-/m0/s1. The number of nitrogens with zero attached hydrogens (tertiary/aromatic N) is 2. The van der Waals surface area contributed by atoms with E-state index in [-0.39, 0.29) is 67.1 Å². The van der Waals surface area contributed by atoms with E-state index in [0.29, 0.717) is 41.7 Å². The summed E-state index contributed by atoms with van der Waals surface area (Å²) < 4.78 is 21.7. The fraction of sp³-hybridized carbons (Fsp3) is 0.429. The van der Waals surface area contributed by atoms with E-state index in [2.05, 4.69) is 5.32 Å². The highest BCUT2D eigenvalue weighted by Crippen LogP contribution is 2.45. The van der Waals surface area contributed by atoms with Gasteiger partial charge >= 0.3 is 5.97 Å². The molecular formula is C28H28FN3O6. The lowest BCUT2D eigenvalue weighted by Gasteiger charge is -2.31. The number of benzene rings is 1. The van der Waals surface area contributed by atoms with Crippen LogP contribution >= 0.6 is 0 Å². The minimum absolute atomic E-state index is 0.0285. The molecule has 38 heavy (non-hydrogen) atoms. The number of aliphatic hydroxyl groups excluding tert-OH is 1. The van der Waals surface area contributed by atoms with E-state index in [1.165, 1.54) is 6.07 Å². The molecule has 1 aromatic carbocycles. The molecule has 3 N–H and O–H groups in total. The zero-order valence-electron chi connectivity index (χ0n) is 21.2. The number of fused-ring (bicyclic) bond motifs is 5. The minimum Gasteiger partial charge on any atom is -0.458 e. The summed E-state index contributed by atoms with van der Waals surface area (Å²) >= 11 is 0. The first kappa shape index (κ1) is 24.7. The van der Waals surface area contributed by atoms with Crippen molar-refractivity contribution in [3.05, 3.63) is 61.7 Å². The largest absolute Gasteiger partial charge is 0.458 e. The molecule has 2 atom stereocenters. The van der Waals surface area contributed by atoms with Crippen molar-refractivity contribution >= 4 is 22.8 Å². The Morgan fingerprint density at radius 1 is 1.29 bits per heavy atom. The summed E-state index contributed by atoms with van der Waals surface area (Å²) in [5, 5.41) is 24.2. The van der Waals surface area contributed by atoms with Crippen LogP contribution < -0.4 is 10.9 Å². The number of nitrogens with one attached hydrogen (secondary N) is 1. The first-order chi connectivity index (χ1) is 18.2. The van der Waals surface area contributed by atoms with Gasteiger partial charge in [0.25, 0.3) is 5.56 Å². The van der Waals surface area contributed by atoms with Crippen LogP contribution in [0.25, 0.3) is 22.3 Å². The second-order valence-electron chi connectivity index (χ2n) is 10.3. The van der Waals surface area contributed by atoms with E-state index in [4.69, 9.17) is 14.8 Å². The van der Waals surface area contributed by atoms with Crippen LogP contribution in [0, 0.1) is 12.7 Å². The molecule has 3 aliphatic rings. The van der Waals surface area contributed by atoms with Gasteiger partial charge in [-0.3, -0.25) is 9.59 Å². The summed E-state index contributed by atoms with van der Waals surface area (Å²) in [7, 11) is 0. The lowest BCUT2D eigenvalue weighted by atomic mass is 9.81. The molecule has 2 aliphatic heterocycles. The lowest BCUT2D eigenvalue weighted by molar-refractivity contribution is -0.172. The molecule has 1 aliphatic carbocycles. The Morgan fingerprint density at radius 2 is 2.08 bits per heavy atom. The molecule has 2 aromatic heterocycles. The summed E-state index contributed by atoms with van der Waals surface area (Å²) in [4.78, 5) is 43.6. The molecule has 9 nitrogen and oxygen atoms in total. The van der Waals surface area contributed by atoms with Crippen molar-refractivity contribution in [2.45, 2.75) is 70.7 Å². The van der Waals surface area contributed by atoms with Gasteiger partial charge in [0.05, 0.1) is 35.1 Å². The third kappa shape index (κ3) is 3.36. The Kier molecular flexibility index (Phi) is 5.66. The molecule has 1 unspecified atom stereocenters. The second-order valence-corrected chi connectivity index (χ2v) is 10.3. The van der Waals surface area contributed by atoms with Crippen molar-refractivity contribution in [3.63, 3.8) is 0 Å². The Hall–Kier alpha value is -3.63. The predicted octanol–water partition coefficient (Wildman–Crippen LogP) is 2.40. The molecule has 0 saturated heterocycles. The number of carbonyl (C=O) groups excluding carboxylic acids is 2. The van der Waals surface area contributed by atoms with Crippen LogP contribution in [0.4, 0.5) is 4.39 Å². The van der Waals surface area contributed by atoms with Gasteiger partial charge in [-0.15, -0.1) is 0 Å². The summed E-state index contributed by atoms with van der Waals surface area (Å²) in [5.41, 5.74) is 2.37. The number of rotatable bonds is 5. The average molecular weight is 522 g/mol. The first-order valence-corrected chi connectivity index (χ1v) is 12.9. The van der Waals surface area contributed by atoms with Crippen LogP contribution in [-0.2, 0) is 39.5 Å². The van der Waals surface area contributed by atoms with Crippen molar-refractivity contribution in [1.82, 2.24) is 14.9 Å². The third-order valence-corrected chi connectivity index (χ3v) is 8.28. The van der Waals surface area contributed by atoms with Gasteiger partial charge in [-0.25, -0.2) is 14.2 Å². The highest BCUT2D eigenvalue weighted by atomic mass is 19.1. The van der Waals surface area contributed by atoms with Crippen LogP contribution in [0.15, 0.2) is 16.9 Å². The van der Waals surface area contributed by atoms with E-state index < -0.39 is 11.6 Å². The van der Waals surface area contributed by atoms with Gasteiger partial charge in [-0.05, 0) is 55.4 Å². The van der Waals surface area contributed by atoms with Gasteiger partial charge in [0.2, 0.25) is 5.91 Å². The Morgan fingerprint density at radius 3 is 2.82 bits per heavy atom. The number of amides is 1. The number of carbonyl (C=O) groups is 2. The van der Waals surface area contributed by atoms with Crippen LogP contribution in [0.5, 0.6) is 0 Å². The molecule has 0 spiro atoms. The Bertz CT molecular complexity index is 1610. The molecule has 0 radical (unpaired) electrons. The van der Waals surface area contributed by atoms with Crippen molar-refractivity contribution in [1.29, 1.82) is 0 Å². The number of esters is 1. The molecule has 10 heteroatoms. The molecule has 3 aromatic rings. The number of aryl methyl sites for hydroxylation is 1. The molecule has 0 fully saturated rings. The Balaban J connectivity index is 1.60. The topological polar surface area (TPSA) is 131 Å². The number of aromatic nitrogens is 2. The van der Waals surface area contributed by atoms with Crippen molar-refractivity contribution < 1.29 is 28.9 Å². The maximum absolute atomic E-state index is 15.0. The van der Waals surface area contributed by atoms with Crippen molar-refractivity contribution in [2.24, 2.45) is 0 Å². The smallest absolute Gasteiger partial charge is 0.343 e. The first-order valence-electron chi connectivity index (χ1n) is 12.9. The molecule has 1 amide bonds. The summed E-state index contributed by atoms with van der Waals surface area (Å²) in [6.45, 7) is 3.24. The van der Waals surface area contributed by atoms with Gasteiger partial charge in [0, 0.05) is 35.6 Å². The second kappa shape index (κ2) is 8.71. The number of cyclic esters (lactones) is 1. The Labute approximate surface area is 217 Å². The highest BCUT2D eigenvalue weighted by Gasteiger charge is 2.46. The molecule has 6 rings (SSSR count). The molecule has 0 saturated carbocycles. The molecule has 198 valence electrons. The SMILES string of the molecule is CC[C@@]1(O)C(=O)OCc2c1cc1n(c2=O)Cc2c-1nc1cc(F)c(C)c3c1c2C(NC(=O)CCCO)CC3. The number of pyridine rings is 2. The molecule has 0 bridgehead atoms. The van der Waals surface area contributed by atoms with E-state index in [1.807, 2.05) is 0 Å². The van der Waals surface area contributed by atoms with E-state index in [9.17, 15) is 23.9 Å². The number of halogens is 1. The van der Waals surface area contributed by atoms with Crippen LogP contribution in [0.1, 0.15) is 72.0 Å². The fourth-order valence-electron chi connectivity index (χ4n) is 6.21. The molecular weight excluding hydrogens is 493 g/mol. The van der Waals surface area contributed by atoms with E-state index in [0.717, 1.165) is 22.1 Å². The maximum Gasteiger partial charge on any atom is 0.343 e.